The van der Waals surface area contributed by atoms with Crippen molar-refractivity contribution in [3.8, 4) is 0 Å². The summed E-state index contributed by atoms with van der Waals surface area (Å²) in [5.41, 5.74) is -0.733. The molecule has 2 saturated heterocycles. The van der Waals surface area contributed by atoms with Gasteiger partial charge in [0.1, 0.15) is 0 Å². The molecule has 0 aliphatic carbocycles. The molecule has 0 radical (unpaired) electrons. The summed E-state index contributed by atoms with van der Waals surface area (Å²) in [6, 6.07) is 0.364. The number of rotatable bonds is 4. The van der Waals surface area contributed by atoms with Crippen LogP contribution in [-0.4, -0.2) is 72.1 Å². The van der Waals surface area contributed by atoms with Crippen LogP contribution in [0.2, 0.25) is 0 Å². The van der Waals surface area contributed by atoms with Crippen LogP contribution in [0.25, 0.3) is 0 Å². The summed E-state index contributed by atoms with van der Waals surface area (Å²) < 4.78 is 121. The van der Waals surface area contributed by atoms with Crippen molar-refractivity contribution in [3.05, 3.63) is 29.3 Å². The summed E-state index contributed by atoms with van der Waals surface area (Å²) in [4.78, 5) is 14.3. The Bertz CT molecular complexity index is 872. The van der Waals surface area contributed by atoms with E-state index in [4.69, 9.17) is 5.11 Å². The molecule has 1 aromatic rings. The number of benzene rings is 1. The van der Waals surface area contributed by atoms with E-state index in [1.165, 1.54) is 0 Å². The maximum Gasteiger partial charge on any atom is 0.416 e. The number of anilines is 1. The molecule has 1 unspecified atom stereocenters. The zero-order chi connectivity index (χ0) is 25.5. The molecule has 1 aromatic carbocycles. The van der Waals surface area contributed by atoms with Gasteiger partial charge < -0.3 is 14.9 Å². The van der Waals surface area contributed by atoms with Crippen LogP contribution < -0.4 is 4.90 Å². The van der Waals surface area contributed by atoms with Crippen molar-refractivity contribution in [2.24, 2.45) is 5.92 Å². The first-order valence-corrected chi connectivity index (χ1v) is 10.4. The van der Waals surface area contributed by atoms with Crippen molar-refractivity contribution in [3.63, 3.8) is 0 Å². The van der Waals surface area contributed by atoms with Crippen molar-refractivity contribution < 1.29 is 49.4 Å². The molecule has 1 amide bonds. The first-order chi connectivity index (χ1) is 15.6. The number of nitrogens with zero attached hydrogens (tertiary/aromatic N) is 3. The lowest BCUT2D eigenvalue weighted by atomic mass is 9.93. The van der Waals surface area contributed by atoms with Crippen molar-refractivity contribution in [2.45, 2.75) is 44.0 Å². The summed E-state index contributed by atoms with van der Waals surface area (Å²) in [6.07, 6.45) is -16.4. The van der Waals surface area contributed by atoms with Gasteiger partial charge in [-0.2, -0.15) is 39.5 Å². The van der Waals surface area contributed by atoms with Crippen molar-refractivity contribution in [1.82, 2.24) is 9.80 Å². The molecule has 200 valence electrons. The summed E-state index contributed by atoms with van der Waals surface area (Å²) in [5, 5.41) is 9.15. The number of piperazine rings is 1. The van der Waals surface area contributed by atoms with Crippen LogP contribution in [-0.2, 0) is 12.7 Å². The molecule has 2 heterocycles. The number of alkyl halides is 9. The Labute approximate surface area is 200 Å². The minimum Gasteiger partial charge on any atom is -0.465 e. The third-order valence-electron chi connectivity index (χ3n) is 6.13. The first-order valence-electron chi connectivity index (χ1n) is 10.4. The van der Waals surface area contributed by atoms with E-state index in [-0.39, 0.29) is 30.2 Å². The van der Waals surface area contributed by atoms with E-state index < -0.39 is 61.8 Å². The van der Waals surface area contributed by atoms with E-state index in [0.29, 0.717) is 30.8 Å². The van der Waals surface area contributed by atoms with Crippen LogP contribution in [0, 0.1) is 5.92 Å². The Morgan fingerprint density at radius 2 is 1.51 bits per heavy atom. The molecule has 2 aliphatic rings. The molecule has 2 fully saturated rings. The summed E-state index contributed by atoms with van der Waals surface area (Å²) in [7, 11) is 0. The van der Waals surface area contributed by atoms with Crippen molar-refractivity contribution in [2.75, 3.05) is 37.6 Å². The third kappa shape index (κ3) is 6.78. The Morgan fingerprint density at radius 3 is 2.00 bits per heavy atom. The fourth-order valence-electron chi connectivity index (χ4n) is 4.50. The molecule has 0 saturated carbocycles. The molecule has 0 bridgehead atoms. The molecule has 15 heteroatoms. The smallest absolute Gasteiger partial charge is 0.416 e. The maximum absolute atomic E-state index is 13.5. The van der Waals surface area contributed by atoms with Crippen LogP contribution in [0.5, 0.6) is 0 Å². The topological polar surface area (TPSA) is 47.0 Å². The molecule has 2 aliphatic heterocycles. The van der Waals surface area contributed by atoms with Gasteiger partial charge >= 0.3 is 24.6 Å². The quantitative estimate of drug-likeness (QED) is 0.500. The zero-order valence-corrected chi connectivity index (χ0v) is 18.9. The van der Waals surface area contributed by atoms with Crippen LogP contribution >= 0.6 is 12.4 Å². The minimum absolute atomic E-state index is 0. The van der Waals surface area contributed by atoms with E-state index in [1.807, 2.05) is 0 Å². The number of amides is 1. The van der Waals surface area contributed by atoms with Crippen LogP contribution in [0.1, 0.15) is 24.0 Å². The molecular weight excluding hydrogens is 521 g/mol. The monoisotopic (exact) mass is 543 g/mol. The third-order valence-corrected chi connectivity index (χ3v) is 6.13. The Balaban J connectivity index is 0.00000432. The second-order valence-corrected chi connectivity index (χ2v) is 8.36. The van der Waals surface area contributed by atoms with Gasteiger partial charge in [-0.1, -0.05) is 6.07 Å². The molecule has 35 heavy (non-hydrogen) atoms. The Kier molecular flexibility index (Phi) is 8.73. The second kappa shape index (κ2) is 10.5. The highest BCUT2D eigenvalue weighted by atomic mass is 35.5. The molecule has 3 rings (SSSR count). The highest BCUT2D eigenvalue weighted by Gasteiger charge is 2.62. The predicted molar refractivity (Wildman–Crippen MR) is 110 cm³/mol. The zero-order valence-electron chi connectivity index (χ0n) is 18.1. The lowest BCUT2D eigenvalue weighted by Crippen LogP contribution is -2.62. The number of carboxylic acid groups (broad SMARTS) is 1. The molecule has 5 nitrogen and oxygen atoms in total. The number of halogens is 10. The molecular formula is C20H23ClF9N3O2. The van der Waals surface area contributed by atoms with Gasteiger partial charge in [-0.25, -0.2) is 4.79 Å². The Morgan fingerprint density at radius 1 is 0.943 bits per heavy atom. The number of hydrogen-bond donors (Lipinski definition) is 1. The van der Waals surface area contributed by atoms with E-state index in [2.05, 4.69) is 0 Å². The number of carbonyl (C=O) groups is 1. The maximum atomic E-state index is 13.5. The highest BCUT2D eigenvalue weighted by Crippen LogP contribution is 2.44. The van der Waals surface area contributed by atoms with Crippen LogP contribution in [0.15, 0.2) is 18.2 Å². The average molecular weight is 544 g/mol. The molecule has 1 atom stereocenters. The average Bonchev–Trinajstić information content (AvgIpc) is 3.21. The fraction of sp³-hybridized carbons (Fsp3) is 0.650. The predicted octanol–water partition coefficient (Wildman–Crippen LogP) is 5.63. The van der Waals surface area contributed by atoms with Gasteiger partial charge in [0.2, 0.25) is 0 Å². The van der Waals surface area contributed by atoms with Gasteiger partial charge in [-0.3, -0.25) is 4.90 Å². The van der Waals surface area contributed by atoms with E-state index >= 15 is 0 Å². The lowest BCUT2D eigenvalue weighted by molar-refractivity contribution is -0.302. The van der Waals surface area contributed by atoms with E-state index in [0.717, 1.165) is 23.1 Å². The highest BCUT2D eigenvalue weighted by molar-refractivity contribution is 5.85. The van der Waals surface area contributed by atoms with E-state index in [9.17, 15) is 44.3 Å². The van der Waals surface area contributed by atoms with Crippen molar-refractivity contribution >= 4 is 24.2 Å². The lowest BCUT2D eigenvalue weighted by Gasteiger charge is -2.45. The Hall–Kier alpha value is -2.09. The summed E-state index contributed by atoms with van der Waals surface area (Å²) in [5.74, 6) is -3.83. The van der Waals surface area contributed by atoms with E-state index in [1.54, 1.807) is 4.90 Å². The molecule has 1 N–H and O–H groups in total. The van der Waals surface area contributed by atoms with Gasteiger partial charge in [0, 0.05) is 51.0 Å². The van der Waals surface area contributed by atoms with Gasteiger partial charge in [0.15, 0.2) is 5.92 Å². The number of hydrogen-bond acceptors (Lipinski definition) is 3. The van der Waals surface area contributed by atoms with Gasteiger partial charge in [-0.15, -0.1) is 12.4 Å². The standard InChI is InChI=1S/C20H22F9N3O2.ClH/c21-18(22,23)13-4-3-12(14(9-13)30-5-1-2-6-30)10-31-7-8-32(17(33)34)11-15(31)16(19(24,25)26)20(27,28)29;/h3-4,9,15-16H,1-2,5-8,10-11H2,(H,33,34);1H. The first kappa shape index (κ1) is 29.1. The van der Waals surface area contributed by atoms with Gasteiger partial charge in [-0.05, 0) is 30.5 Å². The fourth-order valence-corrected chi connectivity index (χ4v) is 4.50. The molecule has 0 spiro atoms. The normalized spacial score (nSPS) is 20.3. The molecule has 0 aromatic heterocycles. The van der Waals surface area contributed by atoms with Gasteiger partial charge in [0.25, 0.3) is 0 Å². The summed E-state index contributed by atoms with van der Waals surface area (Å²) in [6.45, 7) is -1.52. The summed E-state index contributed by atoms with van der Waals surface area (Å²) >= 11 is 0. The van der Waals surface area contributed by atoms with Crippen LogP contribution in [0.3, 0.4) is 0 Å². The minimum atomic E-state index is -5.71. The van der Waals surface area contributed by atoms with Crippen molar-refractivity contribution in [1.29, 1.82) is 0 Å². The largest absolute Gasteiger partial charge is 0.465 e. The SMILES string of the molecule is Cl.O=C(O)N1CCN(Cc2ccc(C(F)(F)F)cc2N2CCCC2)C(C(C(F)(F)F)C(F)(F)F)C1. The van der Waals surface area contributed by atoms with Crippen LogP contribution in [0.4, 0.5) is 50.0 Å². The van der Waals surface area contributed by atoms with Gasteiger partial charge in [0.05, 0.1) is 5.56 Å². The second-order valence-electron chi connectivity index (χ2n) is 8.36.